The van der Waals surface area contributed by atoms with Crippen LogP contribution in [0.2, 0.25) is 0 Å². The summed E-state index contributed by atoms with van der Waals surface area (Å²) in [5, 5.41) is 4.89. The number of phosphoric acid groups is 1. The molecule has 96 heavy (non-hydrogen) atoms. The molecule has 7 atom stereocenters. The highest BCUT2D eigenvalue weighted by molar-refractivity contribution is 7.49. The van der Waals surface area contributed by atoms with Crippen molar-refractivity contribution in [2.45, 2.75) is 238 Å². The zero-order valence-corrected chi connectivity index (χ0v) is 60.7. The zero-order chi connectivity index (χ0) is 70.2. The average molecular weight is 1490 g/mol. The molecule has 0 aliphatic carbocycles. The Kier molecular flexibility index (Phi) is 39.7. The molecule has 1 heterocycles. The van der Waals surface area contributed by atoms with Gasteiger partial charge in [-0.25, -0.2) is 23.7 Å². The van der Waals surface area contributed by atoms with E-state index in [0.29, 0.717) is 18.4 Å². The Morgan fingerprint density at radius 2 is 1.16 bits per heavy atom. The van der Waals surface area contributed by atoms with Gasteiger partial charge in [0.2, 0.25) is 7.59 Å². The van der Waals surface area contributed by atoms with E-state index in [9.17, 15) is 24.0 Å². The van der Waals surface area contributed by atoms with Crippen LogP contribution in [0.5, 0.6) is 11.5 Å². The summed E-state index contributed by atoms with van der Waals surface area (Å²) < 4.78 is 82.4. The van der Waals surface area contributed by atoms with Crippen LogP contribution in [-0.4, -0.2) is 119 Å². The molecule has 1 aliphatic heterocycles. The number of ether oxygens (including phenoxy) is 9. The van der Waals surface area contributed by atoms with Gasteiger partial charge in [-0.3, -0.25) is 14.1 Å². The number of rotatable bonds is 46. The second-order valence-corrected chi connectivity index (χ2v) is 29.9. The van der Waals surface area contributed by atoms with E-state index >= 15 is 9.36 Å². The highest BCUT2D eigenvalue weighted by Gasteiger charge is 2.55. The van der Waals surface area contributed by atoms with E-state index in [2.05, 4.69) is 31.1 Å². The summed E-state index contributed by atoms with van der Waals surface area (Å²) in [6, 6.07) is 20.2. The summed E-state index contributed by atoms with van der Waals surface area (Å²) in [6.07, 6.45) is 8.44. The lowest BCUT2D eigenvalue weighted by Gasteiger charge is -2.45. The van der Waals surface area contributed by atoms with Crippen LogP contribution in [0.15, 0.2) is 104 Å². The van der Waals surface area contributed by atoms with Gasteiger partial charge in [0.15, 0.2) is 24.0 Å². The molecule has 0 saturated carbocycles. The van der Waals surface area contributed by atoms with E-state index in [1.54, 1.807) is 66.7 Å². The van der Waals surface area contributed by atoms with Gasteiger partial charge in [-0.15, -0.1) is 0 Å². The van der Waals surface area contributed by atoms with Crippen molar-refractivity contribution >= 4 is 114 Å². The number of hydrogen-bond donors (Lipinski definition) is 2. The lowest BCUT2D eigenvalue weighted by atomic mass is 9.96. The normalized spacial score (nSPS) is 17.2. The van der Waals surface area contributed by atoms with Gasteiger partial charge in [-0.1, -0.05) is 278 Å². The van der Waals surface area contributed by atoms with Crippen LogP contribution >= 0.6 is 77.4 Å². The van der Waals surface area contributed by atoms with E-state index in [4.69, 9.17) is 126 Å². The Balaban J connectivity index is 1.87. The number of carbonyl (C=O) groups excluding carboxylic acids is 6. The Hall–Kier alpha value is -4.93. The molecule has 538 valence electrons. The van der Waals surface area contributed by atoms with Gasteiger partial charge in [-0.05, 0) is 62.9 Å². The van der Waals surface area contributed by atoms with Crippen LogP contribution < -0.4 is 19.7 Å². The van der Waals surface area contributed by atoms with Crippen molar-refractivity contribution in [3.63, 3.8) is 0 Å². The van der Waals surface area contributed by atoms with Crippen molar-refractivity contribution in [3.05, 3.63) is 109 Å². The van der Waals surface area contributed by atoms with Gasteiger partial charge in [0.05, 0.1) is 13.0 Å². The fourth-order valence-electron chi connectivity index (χ4n) is 9.76. The van der Waals surface area contributed by atoms with Crippen LogP contribution in [0.1, 0.15) is 181 Å². The molecule has 1 unspecified atom stereocenters. The molecule has 1 saturated heterocycles. The second kappa shape index (κ2) is 45.7. The number of amides is 2. The number of halogens is 6. The van der Waals surface area contributed by atoms with E-state index in [0.717, 1.165) is 83.5 Å². The smallest absolute Gasteiger partial charge is 0.462 e. The predicted octanol–water partition coefficient (Wildman–Crippen LogP) is 18.0. The van der Waals surface area contributed by atoms with Crippen LogP contribution in [0.4, 0.5) is 14.4 Å². The average Bonchev–Trinajstić information content (AvgIpc) is 0.772. The fourth-order valence-corrected chi connectivity index (χ4v) is 11.5. The van der Waals surface area contributed by atoms with E-state index in [-0.39, 0.29) is 37.6 Å². The summed E-state index contributed by atoms with van der Waals surface area (Å²) in [4.78, 5) is 84.1. The van der Waals surface area contributed by atoms with Crippen molar-refractivity contribution in [3.8, 4) is 11.5 Å². The lowest BCUT2D eigenvalue weighted by Crippen LogP contribution is -2.67. The molecule has 3 aromatic rings. The van der Waals surface area contributed by atoms with Crippen molar-refractivity contribution < 1.29 is 89.5 Å². The van der Waals surface area contributed by atoms with E-state index in [1.165, 1.54) is 76.3 Å². The summed E-state index contributed by atoms with van der Waals surface area (Å²) in [6.45, 7) is 7.16. The topological polar surface area (TPSA) is 254 Å². The number of hydrogen-bond acceptors (Lipinski definition) is 19. The molecule has 0 bridgehead atoms. The quantitative estimate of drug-likeness (QED) is 0.0133. The molecular formula is C68H95Cl6N2O19P. The molecule has 0 spiro atoms. The van der Waals surface area contributed by atoms with E-state index in [1.807, 2.05) is 0 Å². The molecule has 1 fully saturated rings. The van der Waals surface area contributed by atoms with E-state index < -0.39 is 126 Å². The number of unbranched alkanes of at least 4 members (excludes halogenated alkanes) is 18. The number of esters is 3. The zero-order valence-electron chi connectivity index (χ0n) is 55.3. The summed E-state index contributed by atoms with van der Waals surface area (Å²) >= 11 is 36.7. The molecule has 3 aromatic carbocycles. The minimum atomic E-state index is -5.21. The maximum atomic E-state index is 15.7. The van der Waals surface area contributed by atoms with Crippen LogP contribution in [-0.2, 0) is 72.7 Å². The van der Waals surface area contributed by atoms with Crippen molar-refractivity contribution in [2.75, 3.05) is 26.4 Å². The molecule has 28 heteroatoms. The van der Waals surface area contributed by atoms with Gasteiger partial charge in [0.25, 0.3) is 0 Å². The summed E-state index contributed by atoms with van der Waals surface area (Å²) in [5.74, 6) is -2.79. The standard InChI is InChI=1S/C68H95Cl6N2O19P/c1-6-9-11-13-15-17-18-20-22-24-35-43-56(77)89-53(42-30-23-21-19-16-14-12-10-7-2)45-57(78)91-60-58(76-64(81)88-49-67(69,70)71)62(86-47-54(75-63(80)84-44-8-3)61(79)85-46-50-36-28-25-29-37-50)90-55(48-87-65(82)92-66(4,5)68(72,73)74)59(60)95-96(83,93-51-38-31-26-32-39-51)94-52-40-33-27-34-41-52/h8,25-29,31-34,36-41,53-55,58-60,62H,3,6-7,9-24,30,35,42-49H2,1-2,4-5H3,(H,75,80)(H,76,81)/t53-,54+,55-,58-,59-,60-,62?/m1/s1. The predicted molar refractivity (Wildman–Crippen MR) is 369 cm³/mol. The minimum Gasteiger partial charge on any atom is -0.462 e. The first-order valence-corrected chi connectivity index (χ1v) is 36.7. The molecule has 2 amide bonds. The third-order valence-electron chi connectivity index (χ3n) is 15.0. The number of nitrogens with one attached hydrogen (secondary N) is 2. The summed E-state index contributed by atoms with van der Waals surface area (Å²) in [7, 11) is -5.21. The minimum absolute atomic E-state index is 0.0582. The molecule has 0 radical (unpaired) electrons. The Morgan fingerprint density at radius 1 is 0.635 bits per heavy atom. The monoisotopic (exact) mass is 1480 g/mol. The number of alkyl halides is 6. The Morgan fingerprint density at radius 3 is 1.68 bits per heavy atom. The van der Waals surface area contributed by atoms with Crippen molar-refractivity contribution in [2.24, 2.45) is 0 Å². The van der Waals surface area contributed by atoms with Crippen LogP contribution in [0.25, 0.3) is 0 Å². The fraction of sp³-hybridized carbons (Fsp3) is 0.618. The SMILES string of the molecule is C=CCOC(=O)N[C@@H](COC1O[C@H](COC(=O)OC(C)(C)C(Cl)(Cl)Cl)[C@@H](OP(=O)(Oc2ccccc2)Oc2ccccc2)[C@H](OC(=O)C[C@@H](CCCCCCCCCCC)OC(=O)CCCCCCCCCCCCC)[C@H]1NC(=O)OCC(Cl)(Cl)Cl)C(=O)OCc1ccccc1. The first kappa shape index (κ1) is 83.5. The third-order valence-corrected chi connectivity index (χ3v) is 18.1. The maximum Gasteiger partial charge on any atom is 0.588 e. The Labute approximate surface area is 595 Å². The number of carbonyl (C=O) groups is 6. The first-order chi connectivity index (χ1) is 45.8. The molecule has 4 rings (SSSR count). The number of phosphoric ester groups is 1. The van der Waals surface area contributed by atoms with Gasteiger partial charge < -0.3 is 62.3 Å². The van der Waals surface area contributed by atoms with Gasteiger partial charge >= 0.3 is 44.1 Å². The molecule has 0 aromatic heterocycles. The van der Waals surface area contributed by atoms with Gasteiger partial charge in [0.1, 0.15) is 62.3 Å². The van der Waals surface area contributed by atoms with Crippen molar-refractivity contribution in [1.82, 2.24) is 10.6 Å². The highest BCUT2D eigenvalue weighted by atomic mass is 35.6. The maximum absolute atomic E-state index is 15.7. The van der Waals surface area contributed by atoms with Gasteiger partial charge in [-0.2, -0.15) is 0 Å². The van der Waals surface area contributed by atoms with Gasteiger partial charge in [0, 0.05) is 6.42 Å². The molecule has 21 nitrogen and oxygen atoms in total. The Bertz CT molecular complexity index is 2740. The lowest BCUT2D eigenvalue weighted by molar-refractivity contribution is -0.272. The first-order valence-electron chi connectivity index (χ1n) is 32.9. The van der Waals surface area contributed by atoms with Crippen LogP contribution in [0, 0.1) is 0 Å². The number of para-hydroxylation sites is 2. The molecule has 1 aliphatic rings. The molecule has 2 N–H and O–H groups in total. The van der Waals surface area contributed by atoms with Crippen LogP contribution in [0.3, 0.4) is 0 Å². The second-order valence-electron chi connectivity index (χ2n) is 23.6. The molecular weight excluding hydrogens is 1390 g/mol. The number of alkyl carbamates (subject to hydrolysis) is 2. The summed E-state index contributed by atoms with van der Waals surface area (Å²) in [5.41, 5.74) is -1.28. The van der Waals surface area contributed by atoms with Crippen molar-refractivity contribution in [1.29, 1.82) is 0 Å². The largest absolute Gasteiger partial charge is 0.588 e. The third kappa shape index (κ3) is 34.7. The highest BCUT2D eigenvalue weighted by Crippen LogP contribution is 2.53. The number of benzene rings is 3.